The van der Waals surface area contributed by atoms with Gasteiger partial charge in [0.2, 0.25) is 0 Å². The van der Waals surface area contributed by atoms with Crippen LogP contribution < -0.4 is 10.1 Å². The normalized spacial score (nSPS) is 10.0. The highest BCUT2D eigenvalue weighted by atomic mass is 79.9. The van der Waals surface area contributed by atoms with E-state index in [-0.39, 0.29) is 18.5 Å². The number of carbonyl (C=O) groups excluding carboxylic acids is 2. The van der Waals surface area contributed by atoms with Gasteiger partial charge in [-0.05, 0) is 35.9 Å². The van der Waals surface area contributed by atoms with Crippen LogP contribution in [0.2, 0.25) is 0 Å². The maximum Gasteiger partial charge on any atom is 0.337 e. The zero-order valence-corrected chi connectivity index (χ0v) is 14.1. The third-order valence-electron chi connectivity index (χ3n) is 3.03. The highest BCUT2D eigenvalue weighted by Crippen LogP contribution is 2.17. The molecular weight excluding hydrogens is 362 g/mol. The number of methoxy groups -OCH3 is 1. The van der Waals surface area contributed by atoms with Gasteiger partial charge >= 0.3 is 5.97 Å². The summed E-state index contributed by atoms with van der Waals surface area (Å²) in [7, 11) is 1.34. The molecule has 0 unspecified atom stereocenters. The van der Waals surface area contributed by atoms with Crippen LogP contribution >= 0.6 is 15.9 Å². The lowest BCUT2D eigenvalue weighted by Crippen LogP contribution is -2.28. The second-order valence-corrected chi connectivity index (χ2v) is 5.63. The standard InChI is InChI=1S/C17H16BrNO4/c1-22-17(21)13-7-5-12(6-8-13)10-19-16(20)11-23-15-4-2-3-14(18)9-15/h2-9H,10-11H2,1H3,(H,19,20). The van der Waals surface area contributed by atoms with E-state index in [1.165, 1.54) is 7.11 Å². The summed E-state index contributed by atoms with van der Waals surface area (Å²) >= 11 is 3.34. The number of esters is 1. The maximum absolute atomic E-state index is 11.8. The van der Waals surface area contributed by atoms with Gasteiger partial charge in [-0.2, -0.15) is 0 Å². The van der Waals surface area contributed by atoms with Crippen molar-refractivity contribution in [1.82, 2.24) is 5.32 Å². The van der Waals surface area contributed by atoms with Crippen molar-refractivity contribution in [3.05, 3.63) is 64.1 Å². The Kier molecular flexibility index (Phi) is 6.17. The molecule has 0 aliphatic carbocycles. The van der Waals surface area contributed by atoms with Crippen molar-refractivity contribution in [3.63, 3.8) is 0 Å². The molecule has 0 radical (unpaired) electrons. The van der Waals surface area contributed by atoms with E-state index < -0.39 is 0 Å². The van der Waals surface area contributed by atoms with Crippen molar-refractivity contribution in [2.45, 2.75) is 6.54 Å². The van der Waals surface area contributed by atoms with Gasteiger partial charge in [-0.3, -0.25) is 4.79 Å². The Morgan fingerprint density at radius 3 is 2.52 bits per heavy atom. The fourth-order valence-corrected chi connectivity index (χ4v) is 2.21. The third kappa shape index (κ3) is 5.41. The summed E-state index contributed by atoms with van der Waals surface area (Å²) in [4.78, 5) is 23.1. The average Bonchev–Trinajstić information content (AvgIpc) is 2.58. The number of nitrogens with one attached hydrogen (secondary N) is 1. The van der Waals surface area contributed by atoms with Gasteiger partial charge in [-0.15, -0.1) is 0 Å². The molecule has 1 amide bonds. The van der Waals surface area contributed by atoms with Gasteiger partial charge in [-0.25, -0.2) is 4.79 Å². The Labute approximate surface area is 142 Å². The van der Waals surface area contributed by atoms with E-state index >= 15 is 0 Å². The van der Waals surface area contributed by atoms with E-state index in [4.69, 9.17) is 4.74 Å². The number of carbonyl (C=O) groups is 2. The number of halogens is 1. The second-order valence-electron chi connectivity index (χ2n) is 4.71. The Morgan fingerprint density at radius 2 is 1.87 bits per heavy atom. The molecule has 0 spiro atoms. The molecule has 0 bridgehead atoms. The van der Waals surface area contributed by atoms with Gasteiger partial charge in [0, 0.05) is 11.0 Å². The van der Waals surface area contributed by atoms with Crippen molar-refractivity contribution < 1.29 is 19.1 Å². The van der Waals surface area contributed by atoms with E-state index in [1.54, 1.807) is 36.4 Å². The molecule has 2 aromatic carbocycles. The monoisotopic (exact) mass is 377 g/mol. The van der Waals surface area contributed by atoms with Crippen LogP contribution in [0.5, 0.6) is 5.75 Å². The molecule has 0 aliphatic heterocycles. The lowest BCUT2D eigenvalue weighted by Gasteiger charge is -2.08. The van der Waals surface area contributed by atoms with Gasteiger partial charge in [0.1, 0.15) is 5.75 Å². The number of hydrogen-bond donors (Lipinski definition) is 1. The molecule has 0 fully saturated rings. The van der Waals surface area contributed by atoms with Crippen LogP contribution in [0.3, 0.4) is 0 Å². The molecule has 23 heavy (non-hydrogen) atoms. The summed E-state index contributed by atoms with van der Waals surface area (Å²) < 4.78 is 10.9. The van der Waals surface area contributed by atoms with Crippen LogP contribution in [0.1, 0.15) is 15.9 Å². The highest BCUT2D eigenvalue weighted by molar-refractivity contribution is 9.10. The molecule has 2 aromatic rings. The first-order valence-corrected chi connectivity index (χ1v) is 7.70. The predicted octanol–water partition coefficient (Wildman–Crippen LogP) is 2.93. The zero-order valence-electron chi connectivity index (χ0n) is 12.5. The molecule has 0 heterocycles. The minimum atomic E-state index is -0.386. The first-order chi connectivity index (χ1) is 11.1. The molecule has 0 saturated carbocycles. The Bertz CT molecular complexity index is 685. The van der Waals surface area contributed by atoms with Crippen molar-refractivity contribution in [2.24, 2.45) is 0 Å². The number of rotatable bonds is 6. The van der Waals surface area contributed by atoms with Gasteiger partial charge < -0.3 is 14.8 Å². The van der Waals surface area contributed by atoms with E-state index in [0.717, 1.165) is 10.0 Å². The second kappa shape index (κ2) is 8.33. The number of hydrogen-bond acceptors (Lipinski definition) is 4. The van der Waals surface area contributed by atoms with Crippen molar-refractivity contribution in [1.29, 1.82) is 0 Å². The first-order valence-electron chi connectivity index (χ1n) is 6.91. The van der Waals surface area contributed by atoms with Crippen LogP contribution in [0.15, 0.2) is 53.0 Å². The minimum Gasteiger partial charge on any atom is -0.484 e. The summed E-state index contributed by atoms with van der Waals surface area (Å²) in [5.74, 6) is 0.0157. The van der Waals surface area contributed by atoms with E-state index in [2.05, 4.69) is 26.0 Å². The molecule has 2 rings (SSSR count). The fourth-order valence-electron chi connectivity index (χ4n) is 1.83. The largest absolute Gasteiger partial charge is 0.484 e. The number of ether oxygens (including phenoxy) is 2. The van der Waals surface area contributed by atoms with Crippen LogP contribution in [0, 0.1) is 0 Å². The molecule has 1 N–H and O–H groups in total. The lowest BCUT2D eigenvalue weighted by molar-refractivity contribution is -0.123. The average molecular weight is 378 g/mol. The summed E-state index contributed by atoms with van der Waals surface area (Å²) in [5, 5.41) is 2.75. The smallest absolute Gasteiger partial charge is 0.337 e. The summed E-state index contributed by atoms with van der Waals surface area (Å²) in [6, 6.07) is 14.1. The number of amides is 1. The van der Waals surface area contributed by atoms with E-state index in [1.807, 2.05) is 12.1 Å². The molecule has 0 aromatic heterocycles. The van der Waals surface area contributed by atoms with Crippen LogP contribution in [0.25, 0.3) is 0 Å². The molecule has 0 aliphatic rings. The quantitative estimate of drug-likeness (QED) is 0.786. The topological polar surface area (TPSA) is 64.6 Å². The molecule has 5 nitrogen and oxygen atoms in total. The van der Waals surface area contributed by atoms with Crippen LogP contribution in [-0.2, 0) is 16.1 Å². The van der Waals surface area contributed by atoms with E-state index in [9.17, 15) is 9.59 Å². The third-order valence-corrected chi connectivity index (χ3v) is 3.52. The Balaban J connectivity index is 1.79. The predicted molar refractivity (Wildman–Crippen MR) is 89.3 cm³/mol. The van der Waals surface area contributed by atoms with Crippen LogP contribution in [-0.4, -0.2) is 25.6 Å². The highest BCUT2D eigenvalue weighted by Gasteiger charge is 2.06. The summed E-state index contributed by atoms with van der Waals surface area (Å²) in [6.07, 6.45) is 0. The molecule has 120 valence electrons. The van der Waals surface area contributed by atoms with Gasteiger partial charge in [0.25, 0.3) is 5.91 Å². The Hall–Kier alpha value is -2.34. The van der Waals surface area contributed by atoms with Gasteiger partial charge in [0.05, 0.1) is 12.7 Å². The fraction of sp³-hybridized carbons (Fsp3) is 0.176. The van der Waals surface area contributed by atoms with E-state index in [0.29, 0.717) is 17.9 Å². The molecule has 0 atom stereocenters. The summed E-state index contributed by atoms with van der Waals surface area (Å²) in [5.41, 5.74) is 1.36. The molecule has 0 saturated heterocycles. The van der Waals surface area contributed by atoms with Gasteiger partial charge in [-0.1, -0.05) is 34.1 Å². The minimum absolute atomic E-state index is 0.0588. The van der Waals surface area contributed by atoms with Crippen molar-refractivity contribution in [2.75, 3.05) is 13.7 Å². The van der Waals surface area contributed by atoms with Crippen molar-refractivity contribution in [3.8, 4) is 5.75 Å². The van der Waals surface area contributed by atoms with Gasteiger partial charge in [0.15, 0.2) is 6.61 Å². The SMILES string of the molecule is COC(=O)c1ccc(CNC(=O)COc2cccc(Br)c2)cc1. The molecule has 6 heteroatoms. The lowest BCUT2D eigenvalue weighted by atomic mass is 10.1. The Morgan fingerprint density at radius 1 is 1.13 bits per heavy atom. The van der Waals surface area contributed by atoms with Crippen molar-refractivity contribution >= 4 is 27.8 Å². The molecular formula is C17H16BrNO4. The maximum atomic E-state index is 11.8. The van der Waals surface area contributed by atoms with Crippen LogP contribution in [0.4, 0.5) is 0 Å². The summed E-state index contributed by atoms with van der Waals surface area (Å²) in [6.45, 7) is 0.304. The number of benzene rings is 2. The first kappa shape index (κ1) is 17.0. The zero-order chi connectivity index (χ0) is 16.7.